The highest BCUT2D eigenvalue weighted by Gasteiger charge is 2.26. The number of hydrogen-bond acceptors (Lipinski definition) is 5. The summed E-state index contributed by atoms with van der Waals surface area (Å²) in [6.07, 6.45) is 9.39. The van der Waals surface area contributed by atoms with Crippen LogP contribution in [-0.2, 0) is 23.7 Å². The molecule has 0 radical (unpaired) electrons. The molecule has 1 aromatic carbocycles. The lowest BCUT2D eigenvalue weighted by Crippen LogP contribution is -2.24. The Labute approximate surface area is 208 Å². The number of fused-ring (bicyclic) bond motifs is 1. The van der Waals surface area contributed by atoms with E-state index >= 15 is 0 Å². The lowest BCUT2D eigenvalue weighted by atomic mass is 9.78. The van der Waals surface area contributed by atoms with Gasteiger partial charge in [0.1, 0.15) is 0 Å². The fraction of sp³-hybridized carbons (Fsp3) is 0.379. The van der Waals surface area contributed by atoms with Crippen LogP contribution in [0.2, 0.25) is 0 Å². The van der Waals surface area contributed by atoms with Crippen LogP contribution >= 0.6 is 12.6 Å². The van der Waals surface area contributed by atoms with E-state index in [1.54, 1.807) is 0 Å². The number of pyridine rings is 2. The van der Waals surface area contributed by atoms with Gasteiger partial charge in [-0.2, -0.15) is 12.6 Å². The fourth-order valence-electron chi connectivity index (χ4n) is 4.56. The third-order valence-corrected chi connectivity index (χ3v) is 7.22. The standard InChI is InChI=1S/C29H34N4S/c1-20(19-34)25-12-11-21(16-32-25)14-29(4,5)27-18-31-22(17-33-27)15-28(2,3)24-9-6-10-26-23(24)8-7-13-30-26/h6-13,16-18,20,34H,14-15,19H2,1-5H3. The molecule has 0 aliphatic heterocycles. The molecule has 0 bridgehead atoms. The molecule has 0 saturated heterocycles. The topological polar surface area (TPSA) is 51.6 Å². The van der Waals surface area contributed by atoms with Gasteiger partial charge in [-0.3, -0.25) is 19.9 Å². The predicted molar refractivity (Wildman–Crippen MR) is 144 cm³/mol. The van der Waals surface area contributed by atoms with Crippen molar-refractivity contribution in [3.05, 3.63) is 95.5 Å². The van der Waals surface area contributed by atoms with Crippen LogP contribution in [0.5, 0.6) is 0 Å². The molecule has 4 nitrogen and oxygen atoms in total. The Balaban J connectivity index is 1.49. The second kappa shape index (κ2) is 9.83. The molecule has 176 valence electrons. The van der Waals surface area contributed by atoms with Crippen molar-refractivity contribution in [2.45, 2.75) is 64.2 Å². The Kier molecular flexibility index (Phi) is 7.04. The van der Waals surface area contributed by atoms with Gasteiger partial charge in [-0.15, -0.1) is 0 Å². The summed E-state index contributed by atoms with van der Waals surface area (Å²) in [5.41, 5.74) is 6.37. The zero-order valence-electron chi connectivity index (χ0n) is 20.8. The van der Waals surface area contributed by atoms with Crippen molar-refractivity contribution in [3.63, 3.8) is 0 Å². The molecule has 0 spiro atoms. The number of hydrogen-bond donors (Lipinski definition) is 1. The maximum atomic E-state index is 4.84. The highest BCUT2D eigenvalue weighted by atomic mass is 32.1. The summed E-state index contributed by atoms with van der Waals surface area (Å²) in [5.74, 6) is 1.16. The molecule has 0 amide bonds. The van der Waals surface area contributed by atoms with E-state index in [1.165, 1.54) is 16.5 Å². The number of rotatable bonds is 8. The average Bonchev–Trinajstić information content (AvgIpc) is 2.83. The maximum absolute atomic E-state index is 4.84. The lowest BCUT2D eigenvalue weighted by Gasteiger charge is -2.27. The molecule has 4 aromatic rings. The zero-order chi connectivity index (χ0) is 24.3. The van der Waals surface area contributed by atoms with Crippen molar-refractivity contribution >= 4 is 23.5 Å². The van der Waals surface area contributed by atoms with Crippen molar-refractivity contribution in [1.82, 2.24) is 19.9 Å². The van der Waals surface area contributed by atoms with E-state index in [4.69, 9.17) is 9.97 Å². The van der Waals surface area contributed by atoms with Gasteiger partial charge in [0.15, 0.2) is 0 Å². The van der Waals surface area contributed by atoms with E-state index < -0.39 is 0 Å². The number of benzene rings is 1. The molecule has 1 atom stereocenters. The molecule has 0 aliphatic rings. The molecule has 0 N–H and O–H groups in total. The average molecular weight is 471 g/mol. The quantitative estimate of drug-likeness (QED) is 0.299. The van der Waals surface area contributed by atoms with Crippen LogP contribution in [-0.4, -0.2) is 25.7 Å². The van der Waals surface area contributed by atoms with Crippen LogP contribution in [0.25, 0.3) is 10.9 Å². The van der Waals surface area contributed by atoms with E-state index in [9.17, 15) is 0 Å². The first-order chi connectivity index (χ1) is 16.2. The van der Waals surface area contributed by atoms with E-state index in [2.05, 4.69) is 93.6 Å². The summed E-state index contributed by atoms with van der Waals surface area (Å²) in [7, 11) is 0. The number of aromatic nitrogens is 4. The first-order valence-electron chi connectivity index (χ1n) is 11.9. The first-order valence-corrected chi connectivity index (χ1v) is 12.5. The van der Waals surface area contributed by atoms with Gasteiger partial charge in [0.05, 0.1) is 16.9 Å². The molecule has 3 aromatic heterocycles. The third kappa shape index (κ3) is 5.30. The highest BCUT2D eigenvalue weighted by molar-refractivity contribution is 7.80. The Hall–Kier alpha value is -2.79. The van der Waals surface area contributed by atoms with Crippen molar-refractivity contribution in [2.24, 2.45) is 0 Å². The van der Waals surface area contributed by atoms with Crippen molar-refractivity contribution in [1.29, 1.82) is 0 Å². The van der Waals surface area contributed by atoms with E-state index in [0.29, 0.717) is 5.92 Å². The summed E-state index contributed by atoms with van der Waals surface area (Å²) in [6, 6.07) is 14.8. The summed E-state index contributed by atoms with van der Waals surface area (Å²) >= 11 is 4.38. The molecule has 4 rings (SSSR count). The minimum Gasteiger partial charge on any atom is -0.261 e. The van der Waals surface area contributed by atoms with E-state index in [0.717, 1.165) is 41.2 Å². The maximum Gasteiger partial charge on any atom is 0.0704 e. The van der Waals surface area contributed by atoms with Gasteiger partial charge in [-0.1, -0.05) is 58.9 Å². The minimum absolute atomic E-state index is 0.0914. The van der Waals surface area contributed by atoms with Gasteiger partial charge >= 0.3 is 0 Å². The molecule has 0 aliphatic carbocycles. The zero-order valence-corrected chi connectivity index (χ0v) is 21.7. The fourth-order valence-corrected chi connectivity index (χ4v) is 4.75. The van der Waals surface area contributed by atoms with Crippen molar-refractivity contribution < 1.29 is 0 Å². The van der Waals surface area contributed by atoms with Gasteiger partial charge in [-0.05, 0) is 46.9 Å². The Morgan fingerprint density at radius 3 is 2.29 bits per heavy atom. The minimum atomic E-state index is -0.138. The Bertz CT molecular complexity index is 1240. The van der Waals surface area contributed by atoms with Crippen LogP contribution < -0.4 is 0 Å². The van der Waals surface area contributed by atoms with Crippen LogP contribution in [0, 0.1) is 0 Å². The first kappa shape index (κ1) is 24.3. The number of thiol groups is 1. The molecule has 0 fully saturated rings. The van der Waals surface area contributed by atoms with E-state index in [1.807, 2.05) is 30.9 Å². The molecule has 34 heavy (non-hydrogen) atoms. The Morgan fingerprint density at radius 1 is 0.794 bits per heavy atom. The van der Waals surface area contributed by atoms with Gasteiger partial charge in [0, 0.05) is 53.6 Å². The van der Waals surface area contributed by atoms with Crippen LogP contribution in [0.4, 0.5) is 0 Å². The van der Waals surface area contributed by atoms with Crippen LogP contribution in [0.15, 0.2) is 67.3 Å². The number of nitrogens with zero attached hydrogens (tertiary/aromatic N) is 4. The Morgan fingerprint density at radius 2 is 1.62 bits per heavy atom. The molecule has 1 unspecified atom stereocenters. The van der Waals surface area contributed by atoms with Crippen LogP contribution in [0.3, 0.4) is 0 Å². The van der Waals surface area contributed by atoms with E-state index in [-0.39, 0.29) is 10.8 Å². The van der Waals surface area contributed by atoms with Gasteiger partial charge < -0.3 is 0 Å². The predicted octanol–water partition coefficient (Wildman–Crippen LogP) is 6.49. The normalized spacial score (nSPS) is 13.2. The van der Waals surface area contributed by atoms with Crippen LogP contribution in [0.1, 0.15) is 68.7 Å². The summed E-state index contributed by atoms with van der Waals surface area (Å²) in [4.78, 5) is 18.8. The molecule has 0 saturated carbocycles. The molecular formula is C29H34N4S. The van der Waals surface area contributed by atoms with Gasteiger partial charge in [0.2, 0.25) is 0 Å². The van der Waals surface area contributed by atoms with Gasteiger partial charge in [0.25, 0.3) is 0 Å². The van der Waals surface area contributed by atoms with Gasteiger partial charge in [-0.25, -0.2) is 0 Å². The SMILES string of the molecule is CC(CS)c1ccc(CC(C)(C)c2cnc(CC(C)(C)c3cccc4ncccc34)cn2)cn1. The lowest BCUT2D eigenvalue weighted by molar-refractivity contribution is 0.493. The monoisotopic (exact) mass is 470 g/mol. The largest absolute Gasteiger partial charge is 0.261 e. The van der Waals surface area contributed by atoms with Crippen molar-refractivity contribution in [2.75, 3.05) is 5.75 Å². The summed E-state index contributed by atoms with van der Waals surface area (Å²) in [5, 5.41) is 1.20. The second-order valence-electron chi connectivity index (χ2n) is 10.6. The van der Waals surface area contributed by atoms with Crippen molar-refractivity contribution in [3.8, 4) is 0 Å². The highest BCUT2D eigenvalue weighted by Crippen LogP contribution is 2.33. The molecular weight excluding hydrogens is 436 g/mol. The smallest absolute Gasteiger partial charge is 0.0704 e. The summed E-state index contributed by atoms with van der Waals surface area (Å²) in [6.45, 7) is 11.1. The molecule has 3 heterocycles. The summed E-state index contributed by atoms with van der Waals surface area (Å²) < 4.78 is 0. The molecule has 5 heteroatoms. The third-order valence-electron chi connectivity index (χ3n) is 6.67. The second-order valence-corrected chi connectivity index (χ2v) is 10.9.